The van der Waals surface area contributed by atoms with Gasteiger partial charge in [0.15, 0.2) is 0 Å². The van der Waals surface area contributed by atoms with Gasteiger partial charge in [0.05, 0.1) is 11.5 Å². The van der Waals surface area contributed by atoms with Crippen LogP contribution in [0.4, 0.5) is 10.1 Å². The molecule has 0 spiro atoms. The molecule has 15 heavy (non-hydrogen) atoms. The number of anilines is 1. The summed E-state index contributed by atoms with van der Waals surface area (Å²) in [7, 11) is 1.94. The third kappa shape index (κ3) is 2.10. The lowest BCUT2D eigenvalue weighted by Crippen LogP contribution is -2.25. The monoisotopic (exact) mass is 204 g/mol. The van der Waals surface area contributed by atoms with Gasteiger partial charge in [-0.3, -0.25) is 0 Å². The van der Waals surface area contributed by atoms with Crippen LogP contribution in [0.3, 0.4) is 0 Å². The molecule has 0 N–H and O–H groups in total. The lowest BCUT2D eigenvalue weighted by Gasteiger charge is -2.21. The Bertz CT molecular complexity index is 387. The molecule has 3 heteroatoms. The topological polar surface area (TPSA) is 27.0 Å². The molecule has 0 atom stereocenters. The van der Waals surface area contributed by atoms with Crippen molar-refractivity contribution in [2.45, 2.75) is 12.8 Å². The van der Waals surface area contributed by atoms with Crippen LogP contribution in [0.15, 0.2) is 24.3 Å². The normalized spacial score (nSPS) is 16.9. The fraction of sp³-hybridized carbons (Fsp3) is 0.417. The molecule has 1 aromatic carbocycles. The Hall–Kier alpha value is -1.56. The molecule has 0 radical (unpaired) electrons. The van der Waals surface area contributed by atoms with Gasteiger partial charge in [0.2, 0.25) is 0 Å². The Morgan fingerprint density at radius 1 is 1.40 bits per heavy atom. The molecule has 0 heterocycles. The second-order valence-electron chi connectivity index (χ2n) is 4.22. The van der Waals surface area contributed by atoms with E-state index in [1.807, 2.05) is 11.9 Å². The molecule has 1 aliphatic rings. The van der Waals surface area contributed by atoms with Gasteiger partial charge in [-0.1, -0.05) is 0 Å². The van der Waals surface area contributed by atoms with Crippen molar-refractivity contribution in [1.82, 2.24) is 0 Å². The summed E-state index contributed by atoms with van der Waals surface area (Å²) in [6.07, 6.45) is 1.96. The number of nitrogens with zero attached hydrogens (tertiary/aromatic N) is 2. The molecule has 1 aromatic rings. The summed E-state index contributed by atoms with van der Waals surface area (Å²) in [6.45, 7) is 0.731. The number of benzene rings is 1. The van der Waals surface area contributed by atoms with E-state index >= 15 is 0 Å². The summed E-state index contributed by atoms with van der Waals surface area (Å²) in [5.74, 6) is -0.228. The van der Waals surface area contributed by atoms with Crippen LogP contribution in [0, 0.1) is 22.6 Å². The van der Waals surface area contributed by atoms with E-state index in [1.165, 1.54) is 12.1 Å². The molecule has 2 nitrogen and oxygen atoms in total. The van der Waals surface area contributed by atoms with Crippen LogP contribution < -0.4 is 4.90 Å². The van der Waals surface area contributed by atoms with E-state index in [1.54, 1.807) is 12.1 Å². The Balaban J connectivity index is 2.05. The minimum absolute atomic E-state index is 0.150. The van der Waals surface area contributed by atoms with E-state index in [0.717, 1.165) is 25.1 Å². The first kappa shape index (κ1) is 9.97. The molecular formula is C12H13FN2. The predicted molar refractivity (Wildman–Crippen MR) is 57.0 cm³/mol. The Kier molecular flexibility index (Phi) is 2.36. The molecule has 0 amide bonds. The van der Waals surface area contributed by atoms with E-state index in [0.29, 0.717) is 0 Å². The number of hydrogen-bond acceptors (Lipinski definition) is 2. The molecule has 0 bridgehead atoms. The van der Waals surface area contributed by atoms with Gasteiger partial charge >= 0.3 is 0 Å². The summed E-state index contributed by atoms with van der Waals surface area (Å²) in [5.41, 5.74) is 0.807. The van der Waals surface area contributed by atoms with Crippen LogP contribution in [0.1, 0.15) is 12.8 Å². The molecule has 1 aliphatic carbocycles. The zero-order valence-corrected chi connectivity index (χ0v) is 8.70. The first-order valence-electron chi connectivity index (χ1n) is 5.03. The van der Waals surface area contributed by atoms with Gasteiger partial charge in [-0.05, 0) is 37.1 Å². The van der Waals surface area contributed by atoms with Gasteiger partial charge in [0.25, 0.3) is 0 Å². The van der Waals surface area contributed by atoms with E-state index in [-0.39, 0.29) is 11.2 Å². The first-order valence-corrected chi connectivity index (χ1v) is 5.03. The van der Waals surface area contributed by atoms with Gasteiger partial charge in [-0.15, -0.1) is 0 Å². The summed E-state index contributed by atoms with van der Waals surface area (Å²) in [6, 6.07) is 8.71. The Labute approximate surface area is 88.9 Å². The summed E-state index contributed by atoms with van der Waals surface area (Å²) < 4.78 is 12.7. The first-order chi connectivity index (χ1) is 7.15. The standard InChI is InChI=1S/C12H13FN2/c1-15(9-12(8-14)6-7-12)11-4-2-10(13)3-5-11/h2-5H,6-7,9H2,1H3. The number of halogens is 1. The molecule has 0 aliphatic heterocycles. The zero-order valence-electron chi connectivity index (χ0n) is 8.70. The van der Waals surface area contributed by atoms with Crippen LogP contribution >= 0.6 is 0 Å². The van der Waals surface area contributed by atoms with E-state index in [2.05, 4.69) is 6.07 Å². The molecule has 78 valence electrons. The highest BCUT2D eigenvalue weighted by molar-refractivity contribution is 5.46. The zero-order chi connectivity index (χ0) is 10.9. The van der Waals surface area contributed by atoms with Crippen molar-refractivity contribution >= 4 is 5.69 Å². The van der Waals surface area contributed by atoms with Crippen molar-refractivity contribution in [3.63, 3.8) is 0 Å². The SMILES string of the molecule is CN(CC1(C#N)CC1)c1ccc(F)cc1. The minimum Gasteiger partial charge on any atom is -0.373 e. The average Bonchev–Trinajstić information content (AvgIpc) is 2.99. The third-order valence-electron chi connectivity index (χ3n) is 2.90. The summed E-state index contributed by atoms with van der Waals surface area (Å²) >= 11 is 0. The highest BCUT2D eigenvalue weighted by Crippen LogP contribution is 2.45. The summed E-state index contributed by atoms with van der Waals surface area (Å²) in [5, 5.41) is 8.96. The molecule has 0 saturated heterocycles. The molecule has 1 saturated carbocycles. The highest BCUT2D eigenvalue weighted by Gasteiger charge is 2.44. The molecular weight excluding hydrogens is 191 g/mol. The van der Waals surface area contributed by atoms with Crippen molar-refractivity contribution in [2.24, 2.45) is 5.41 Å². The maximum absolute atomic E-state index is 12.7. The van der Waals surface area contributed by atoms with E-state index in [9.17, 15) is 4.39 Å². The Morgan fingerprint density at radius 2 is 2.00 bits per heavy atom. The van der Waals surface area contributed by atoms with Crippen LogP contribution in [-0.2, 0) is 0 Å². The minimum atomic E-state index is -0.228. The van der Waals surface area contributed by atoms with E-state index < -0.39 is 0 Å². The molecule has 2 rings (SSSR count). The van der Waals surface area contributed by atoms with Crippen molar-refractivity contribution in [3.05, 3.63) is 30.1 Å². The van der Waals surface area contributed by atoms with Crippen molar-refractivity contribution in [2.75, 3.05) is 18.5 Å². The quantitative estimate of drug-likeness (QED) is 0.756. The van der Waals surface area contributed by atoms with Gasteiger partial charge in [0.1, 0.15) is 5.82 Å². The van der Waals surface area contributed by atoms with Crippen LogP contribution in [0.2, 0.25) is 0 Å². The lowest BCUT2D eigenvalue weighted by atomic mass is 10.1. The van der Waals surface area contributed by atoms with Gasteiger partial charge < -0.3 is 4.90 Å². The fourth-order valence-corrected chi connectivity index (χ4v) is 1.70. The number of hydrogen-bond donors (Lipinski definition) is 0. The number of nitriles is 1. The molecule has 0 unspecified atom stereocenters. The van der Waals surface area contributed by atoms with Gasteiger partial charge in [-0.25, -0.2) is 4.39 Å². The van der Waals surface area contributed by atoms with Crippen LogP contribution in [-0.4, -0.2) is 13.6 Å². The average molecular weight is 204 g/mol. The Morgan fingerprint density at radius 3 is 2.47 bits per heavy atom. The van der Waals surface area contributed by atoms with Crippen molar-refractivity contribution in [3.8, 4) is 6.07 Å². The largest absolute Gasteiger partial charge is 0.373 e. The highest BCUT2D eigenvalue weighted by atomic mass is 19.1. The van der Waals surface area contributed by atoms with Gasteiger partial charge in [0, 0.05) is 19.3 Å². The molecule has 1 fully saturated rings. The smallest absolute Gasteiger partial charge is 0.123 e. The second-order valence-corrected chi connectivity index (χ2v) is 4.22. The number of rotatable bonds is 3. The van der Waals surface area contributed by atoms with Crippen LogP contribution in [0.5, 0.6) is 0 Å². The predicted octanol–water partition coefficient (Wildman–Crippen LogP) is 2.57. The van der Waals surface area contributed by atoms with Gasteiger partial charge in [-0.2, -0.15) is 5.26 Å². The summed E-state index contributed by atoms with van der Waals surface area (Å²) in [4.78, 5) is 2.01. The molecule has 0 aromatic heterocycles. The van der Waals surface area contributed by atoms with E-state index in [4.69, 9.17) is 5.26 Å². The maximum Gasteiger partial charge on any atom is 0.123 e. The fourth-order valence-electron chi connectivity index (χ4n) is 1.70. The van der Waals surface area contributed by atoms with Crippen LogP contribution in [0.25, 0.3) is 0 Å². The second kappa shape index (κ2) is 3.54. The third-order valence-corrected chi connectivity index (χ3v) is 2.90. The lowest BCUT2D eigenvalue weighted by molar-refractivity contribution is 0.625. The van der Waals surface area contributed by atoms with Crippen molar-refractivity contribution in [1.29, 1.82) is 5.26 Å². The van der Waals surface area contributed by atoms with Crippen molar-refractivity contribution < 1.29 is 4.39 Å². The maximum atomic E-state index is 12.7.